The molecule has 0 saturated carbocycles. The predicted molar refractivity (Wildman–Crippen MR) is 101 cm³/mol. The summed E-state index contributed by atoms with van der Waals surface area (Å²) in [6.45, 7) is 3.11. The molecule has 138 valence electrons. The van der Waals surface area contributed by atoms with E-state index in [1.165, 1.54) is 7.05 Å². The van der Waals surface area contributed by atoms with Gasteiger partial charge in [-0.25, -0.2) is 4.79 Å². The van der Waals surface area contributed by atoms with Crippen molar-refractivity contribution in [3.63, 3.8) is 0 Å². The molecule has 6 heteroatoms. The molecular formula is C20H25N3O3. The number of hydrogen-bond donors (Lipinski definition) is 2. The number of nitrogens with zero attached hydrogens (tertiary/aromatic N) is 1. The lowest BCUT2D eigenvalue weighted by molar-refractivity contribution is -0.125. The van der Waals surface area contributed by atoms with Gasteiger partial charge < -0.3 is 10.1 Å². The van der Waals surface area contributed by atoms with Crippen molar-refractivity contribution in [3.05, 3.63) is 65.7 Å². The first-order valence-electron chi connectivity index (χ1n) is 8.54. The molecule has 0 bridgehead atoms. The van der Waals surface area contributed by atoms with Crippen LogP contribution in [-0.2, 0) is 11.3 Å². The maximum atomic E-state index is 12.7. The molecule has 0 saturated heterocycles. The Morgan fingerprint density at radius 2 is 1.73 bits per heavy atom. The number of carbonyl (C=O) groups excluding carboxylic acids is 2. The standard InChI is InChI=1S/C20H25N3O3/c1-4-26-17-12-10-15(11-13-17)14-23(3)18(16-8-6-5-7-9-16)19(24)22-20(25)21-2/h5-13,18H,4,14H2,1-3H3,(H2,21,22,24,25)/t18-/m1/s1. The van der Waals surface area contributed by atoms with E-state index in [1.54, 1.807) is 0 Å². The van der Waals surface area contributed by atoms with Gasteiger partial charge in [-0.05, 0) is 37.2 Å². The molecule has 2 N–H and O–H groups in total. The number of hydrogen-bond acceptors (Lipinski definition) is 4. The number of benzene rings is 2. The van der Waals surface area contributed by atoms with E-state index in [0.717, 1.165) is 16.9 Å². The minimum Gasteiger partial charge on any atom is -0.494 e. The number of amides is 3. The fourth-order valence-electron chi connectivity index (χ4n) is 2.72. The van der Waals surface area contributed by atoms with Crippen molar-refractivity contribution in [1.82, 2.24) is 15.5 Å². The van der Waals surface area contributed by atoms with Gasteiger partial charge in [0.25, 0.3) is 0 Å². The summed E-state index contributed by atoms with van der Waals surface area (Å²) < 4.78 is 5.45. The lowest BCUT2D eigenvalue weighted by Crippen LogP contribution is -2.44. The van der Waals surface area contributed by atoms with Crippen molar-refractivity contribution < 1.29 is 14.3 Å². The van der Waals surface area contributed by atoms with E-state index in [2.05, 4.69) is 10.6 Å². The zero-order chi connectivity index (χ0) is 18.9. The van der Waals surface area contributed by atoms with Crippen LogP contribution in [0.25, 0.3) is 0 Å². The first kappa shape index (κ1) is 19.5. The zero-order valence-corrected chi connectivity index (χ0v) is 15.4. The predicted octanol–water partition coefficient (Wildman–Crippen LogP) is 2.71. The lowest BCUT2D eigenvalue weighted by Gasteiger charge is -2.27. The first-order chi connectivity index (χ1) is 12.5. The van der Waals surface area contributed by atoms with Gasteiger partial charge in [0.1, 0.15) is 11.8 Å². The molecule has 0 heterocycles. The molecule has 2 aromatic rings. The maximum Gasteiger partial charge on any atom is 0.321 e. The average molecular weight is 355 g/mol. The summed E-state index contributed by atoms with van der Waals surface area (Å²) in [5.74, 6) is 0.444. The minimum absolute atomic E-state index is 0.371. The summed E-state index contributed by atoms with van der Waals surface area (Å²) in [4.78, 5) is 26.1. The van der Waals surface area contributed by atoms with Gasteiger partial charge in [-0.15, -0.1) is 0 Å². The van der Waals surface area contributed by atoms with E-state index in [4.69, 9.17) is 4.74 Å². The van der Waals surface area contributed by atoms with Crippen LogP contribution in [0.15, 0.2) is 54.6 Å². The summed E-state index contributed by atoms with van der Waals surface area (Å²) in [7, 11) is 3.33. The second-order valence-electron chi connectivity index (χ2n) is 5.87. The summed E-state index contributed by atoms with van der Waals surface area (Å²) in [6.07, 6.45) is 0. The molecule has 3 amide bonds. The largest absolute Gasteiger partial charge is 0.494 e. The Morgan fingerprint density at radius 3 is 2.31 bits per heavy atom. The number of urea groups is 1. The second kappa shape index (κ2) is 9.58. The van der Waals surface area contributed by atoms with Crippen molar-refractivity contribution >= 4 is 11.9 Å². The fraction of sp³-hybridized carbons (Fsp3) is 0.300. The molecule has 0 aromatic heterocycles. The Hall–Kier alpha value is -2.86. The molecule has 0 unspecified atom stereocenters. The van der Waals surface area contributed by atoms with Crippen molar-refractivity contribution in [3.8, 4) is 5.75 Å². The van der Waals surface area contributed by atoms with Gasteiger partial charge in [0.15, 0.2) is 0 Å². The highest BCUT2D eigenvalue weighted by Crippen LogP contribution is 2.22. The molecule has 2 rings (SSSR count). The third-order valence-electron chi connectivity index (χ3n) is 3.93. The highest BCUT2D eigenvalue weighted by Gasteiger charge is 2.26. The van der Waals surface area contributed by atoms with Crippen LogP contribution in [0.3, 0.4) is 0 Å². The van der Waals surface area contributed by atoms with E-state index in [1.807, 2.05) is 73.5 Å². The SMILES string of the molecule is CCOc1ccc(CN(C)[C@@H](C(=O)NC(=O)NC)c2ccccc2)cc1. The molecule has 6 nitrogen and oxygen atoms in total. The number of imide groups is 1. The number of rotatable bonds is 7. The van der Waals surface area contributed by atoms with Crippen LogP contribution in [0.5, 0.6) is 5.75 Å². The smallest absolute Gasteiger partial charge is 0.321 e. The molecule has 0 aliphatic heterocycles. The van der Waals surface area contributed by atoms with E-state index in [0.29, 0.717) is 13.2 Å². The fourth-order valence-corrected chi connectivity index (χ4v) is 2.72. The molecule has 0 spiro atoms. The number of likely N-dealkylation sites (N-methyl/N-ethyl adjacent to an activating group) is 1. The van der Waals surface area contributed by atoms with Crippen molar-refractivity contribution in [2.75, 3.05) is 20.7 Å². The van der Waals surface area contributed by atoms with Crippen LogP contribution in [0.1, 0.15) is 24.1 Å². The summed E-state index contributed by atoms with van der Waals surface area (Å²) >= 11 is 0. The Balaban J connectivity index is 2.18. The van der Waals surface area contributed by atoms with Crippen molar-refractivity contribution in [1.29, 1.82) is 0 Å². The molecule has 0 aliphatic carbocycles. The third-order valence-corrected chi connectivity index (χ3v) is 3.93. The van der Waals surface area contributed by atoms with Crippen LogP contribution < -0.4 is 15.4 Å². The minimum atomic E-state index is -0.583. The van der Waals surface area contributed by atoms with Crippen LogP contribution in [-0.4, -0.2) is 37.5 Å². The van der Waals surface area contributed by atoms with Gasteiger partial charge in [0.05, 0.1) is 6.61 Å². The van der Waals surface area contributed by atoms with Crippen molar-refractivity contribution in [2.45, 2.75) is 19.5 Å². The van der Waals surface area contributed by atoms with Gasteiger partial charge >= 0.3 is 6.03 Å². The molecule has 1 atom stereocenters. The topological polar surface area (TPSA) is 70.7 Å². The van der Waals surface area contributed by atoms with E-state index < -0.39 is 12.1 Å². The van der Waals surface area contributed by atoms with Gasteiger partial charge in [-0.1, -0.05) is 42.5 Å². The Bertz CT molecular complexity index is 717. The molecule has 0 aliphatic rings. The van der Waals surface area contributed by atoms with Crippen molar-refractivity contribution in [2.24, 2.45) is 0 Å². The molecule has 26 heavy (non-hydrogen) atoms. The number of nitrogens with one attached hydrogen (secondary N) is 2. The van der Waals surface area contributed by atoms with Crippen LogP contribution in [0.4, 0.5) is 4.79 Å². The average Bonchev–Trinajstić information content (AvgIpc) is 2.64. The zero-order valence-electron chi connectivity index (χ0n) is 15.4. The highest BCUT2D eigenvalue weighted by molar-refractivity contribution is 5.97. The Kier molecular flexibility index (Phi) is 7.17. The van der Waals surface area contributed by atoms with Crippen LogP contribution >= 0.6 is 0 Å². The van der Waals surface area contributed by atoms with E-state index in [9.17, 15) is 9.59 Å². The van der Waals surface area contributed by atoms with E-state index >= 15 is 0 Å². The summed E-state index contributed by atoms with van der Waals surface area (Å²) in [5, 5.41) is 4.78. The Labute approximate surface area is 154 Å². The lowest BCUT2D eigenvalue weighted by atomic mass is 10.0. The second-order valence-corrected chi connectivity index (χ2v) is 5.87. The molecule has 0 radical (unpaired) electrons. The Morgan fingerprint density at radius 1 is 1.08 bits per heavy atom. The highest BCUT2D eigenvalue weighted by atomic mass is 16.5. The summed E-state index contributed by atoms with van der Waals surface area (Å²) in [5.41, 5.74) is 1.87. The normalized spacial score (nSPS) is 11.7. The monoisotopic (exact) mass is 355 g/mol. The van der Waals surface area contributed by atoms with E-state index in [-0.39, 0.29) is 5.91 Å². The van der Waals surface area contributed by atoms with Gasteiger partial charge in [-0.2, -0.15) is 0 Å². The number of carbonyl (C=O) groups is 2. The first-order valence-corrected chi connectivity index (χ1v) is 8.54. The number of ether oxygens (including phenoxy) is 1. The van der Waals surface area contributed by atoms with Crippen LogP contribution in [0.2, 0.25) is 0 Å². The van der Waals surface area contributed by atoms with Gasteiger partial charge in [0, 0.05) is 13.6 Å². The maximum absolute atomic E-state index is 12.7. The quantitative estimate of drug-likeness (QED) is 0.801. The molecule has 2 aromatic carbocycles. The summed E-state index contributed by atoms with van der Waals surface area (Å²) in [6, 6.07) is 16.1. The molecule has 0 fully saturated rings. The third kappa shape index (κ3) is 5.32. The molecular weight excluding hydrogens is 330 g/mol. The van der Waals surface area contributed by atoms with Gasteiger partial charge in [-0.3, -0.25) is 15.0 Å². The van der Waals surface area contributed by atoms with Crippen LogP contribution in [0, 0.1) is 0 Å². The van der Waals surface area contributed by atoms with Gasteiger partial charge in [0.2, 0.25) is 5.91 Å².